The van der Waals surface area contributed by atoms with E-state index in [1.165, 1.54) is 19.3 Å². The molecular weight excluding hydrogens is 302 g/mol. The third-order valence-corrected chi connectivity index (χ3v) is 5.05. The van der Waals surface area contributed by atoms with Crippen LogP contribution >= 0.6 is 0 Å². The maximum absolute atomic E-state index is 12.6. The Bertz CT molecular complexity index is 920. The predicted octanol–water partition coefficient (Wildman–Crippen LogP) is 3.29. The van der Waals surface area contributed by atoms with Crippen LogP contribution in [0.2, 0.25) is 0 Å². The van der Waals surface area contributed by atoms with Crippen molar-refractivity contribution in [3.8, 4) is 0 Å². The van der Waals surface area contributed by atoms with Crippen molar-refractivity contribution < 1.29 is 0 Å². The molecule has 24 heavy (non-hydrogen) atoms. The largest absolute Gasteiger partial charge is 0.315 e. The first-order chi connectivity index (χ1) is 11.8. The Morgan fingerprint density at radius 2 is 2.08 bits per heavy atom. The van der Waals surface area contributed by atoms with Crippen LogP contribution in [-0.4, -0.2) is 24.1 Å². The van der Waals surface area contributed by atoms with E-state index in [0.29, 0.717) is 17.1 Å². The lowest BCUT2D eigenvalue weighted by Gasteiger charge is -2.17. The first kappa shape index (κ1) is 15.3. The van der Waals surface area contributed by atoms with Gasteiger partial charge in [0.15, 0.2) is 5.82 Å². The summed E-state index contributed by atoms with van der Waals surface area (Å²) in [5, 5.41) is 5.30. The average Bonchev–Trinajstić information content (AvgIpc) is 3.06. The molecule has 3 aromatic rings. The van der Waals surface area contributed by atoms with Gasteiger partial charge in [-0.05, 0) is 25.3 Å². The Hall–Kier alpha value is -2.24. The fraction of sp³-hybridized carbons (Fsp3) is 0.556. The topological polar surface area (TPSA) is 65.1 Å². The Labute approximate surface area is 140 Å². The van der Waals surface area contributed by atoms with Crippen LogP contribution in [0.1, 0.15) is 63.6 Å². The second kappa shape index (κ2) is 6.34. The number of pyridine rings is 1. The SMILES string of the molecule is CCCCn1ccc2c(cnc3nc(C4CCCCC4)nn32)c1=O. The summed E-state index contributed by atoms with van der Waals surface area (Å²) in [6.45, 7) is 2.87. The van der Waals surface area contributed by atoms with Crippen molar-refractivity contribution in [3.63, 3.8) is 0 Å². The highest BCUT2D eigenvalue weighted by Crippen LogP contribution is 2.31. The summed E-state index contributed by atoms with van der Waals surface area (Å²) in [5.74, 6) is 1.90. The average molecular weight is 325 g/mol. The molecule has 0 aromatic carbocycles. The summed E-state index contributed by atoms with van der Waals surface area (Å²) < 4.78 is 3.50. The molecule has 0 bridgehead atoms. The second-order valence-corrected chi connectivity index (χ2v) is 6.74. The quantitative estimate of drug-likeness (QED) is 0.738. The van der Waals surface area contributed by atoms with Gasteiger partial charge in [0.1, 0.15) is 0 Å². The number of hydrogen-bond donors (Lipinski definition) is 0. The highest BCUT2D eigenvalue weighted by molar-refractivity contribution is 5.78. The Kier molecular flexibility index (Phi) is 4.04. The van der Waals surface area contributed by atoms with E-state index in [9.17, 15) is 4.79 Å². The van der Waals surface area contributed by atoms with Gasteiger partial charge in [0.2, 0.25) is 0 Å². The van der Waals surface area contributed by atoms with E-state index in [2.05, 4.69) is 16.9 Å². The number of unbranched alkanes of at least 4 members (excludes halogenated alkanes) is 1. The number of fused-ring (bicyclic) bond motifs is 3. The van der Waals surface area contributed by atoms with E-state index in [0.717, 1.165) is 43.6 Å². The summed E-state index contributed by atoms with van der Waals surface area (Å²) in [6.07, 6.45) is 11.7. The zero-order valence-electron chi connectivity index (χ0n) is 14.1. The molecule has 0 saturated heterocycles. The summed E-state index contributed by atoms with van der Waals surface area (Å²) in [5.41, 5.74) is 0.803. The number of aryl methyl sites for hydroxylation is 1. The molecule has 6 heteroatoms. The maximum Gasteiger partial charge on any atom is 0.261 e. The van der Waals surface area contributed by atoms with Crippen molar-refractivity contribution in [2.24, 2.45) is 0 Å². The molecule has 1 aliphatic carbocycles. The van der Waals surface area contributed by atoms with Gasteiger partial charge in [0.05, 0.1) is 10.9 Å². The molecule has 0 N–H and O–H groups in total. The van der Waals surface area contributed by atoms with Crippen LogP contribution in [0.25, 0.3) is 16.7 Å². The molecule has 6 nitrogen and oxygen atoms in total. The van der Waals surface area contributed by atoms with Gasteiger partial charge < -0.3 is 4.57 Å². The van der Waals surface area contributed by atoms with Crippen molar-refractivity contribution in [1.82, 2.24) is 24.1 Å². The first-order valence-electron chi connectivity index (χ1n) is 9.02. The van der Waals surface area contributed by atoms with Gasteiger partial charge in [0.25, 0.3) is 11.3 Å². The second-order valence-electron chi connectivity index (χ2n) is 6.74. The van der Waals surface area contributed by atoms with Gasteiger partial charge in [-0.15, -0.1) is 5.10 Å². The van der Waals surface area contributed by atoms with Crippen molar-refractivity contribution in [3.05, 3.63) is 34.6 Å². The van der Waals surface area contributed by atoms with E-state index >= 15 is 0 Å². The number of rotatable bonds is 4. The van der Waals surface area contributed by atoms with Crippen LogP contribution in [0.4, 0.5) is 0 Å². The van der Waals surface area contributed by atoms with E-state index in [-0.39, 0.29) is 5.56 Å². The van der Waals surface area contributed by atoms with Crippen LogP contribution < -0.4 is 5.56 Å². The molecule has 1 saturated carbocycles. The molecule has 1 aliphatic rings. The van der Waals surface area contributed by atoms with Crippen molar-refractivity contribution >= 4 is 16.7 Å². The fourth-order valence-corrected chi connectivity index (χ4v) is 3.61. The van der Waals surface area contributed by atoms with Crippen LogP contribution in [0.15, 0.2) is 23.3 Å². The van der Waals surface area contributed by atoms with Crippen LogP contribution in [0, 0.1) is 0 Å². The molecule has 0 radical (unpaired) electrons. The molecule has 0 unspecified atom stereocenters. The molecule has 4 rings (SSSR count). The standard InChI is InChI=1S/C18H23N5O/c1-2-3-10-22-11-9-15-14(17(22)24)12-19-18-20-16(21-23(15)18)13-7-5-4-6-8-13/h9,11-13H,2-8,10H2,1H3. The number of hydrogen-bond acceptors (Lipinski definition) is 4. The maximum atomic E-state index is 12.6. The highest BCUT2D eigenvalue weighted by Gasteiger charge is 2.21. The summed E-state index contributed by atoms with van der Waals surface area (Å²) in [6, 6.07) is 1.96. The van der Waals surface area contributed by atoms with E-state index in [4.69, 9.17) is 5.10 Å². The van der Waals surface area contributed by atoms with E-state index in [1.807, 2.05) is 12.3 Å². The summed E-state index contributed by atoms with van der Waals surface area (Å²) in [4.78, 5) is 21.7. The van der Waals surface area contributed by atoms with Gasteiger partial charge in [-0.3, -0.25) is 4.79 Å². The zero-order chi connectivity index (χ0) is 16.5. The van der Waals surface area contributed by atoms with Gasteiger partial charge in [-0.1, -0.05) is 32.6 Å². The minimum Gasteiger partial charge on any atom is -0.315 e. The predicted molar refractivity (Wildman–Crippen MR) is 93.3 cm³/mol. The molecule has 3 heterocycles. The van der Waals surface area contributed by atoms with Crippen LogP contribution in [0.5, 0.6) is 0 Å². The molecule has 0 amide bonds. The smallest absolute Gasteiger partial charge is 0.261 e. The monoisotopic (exact) mass is 325 g/mol. The molecule has 1 fully saturated rings. The Morgan fingerprint density at radius 1 is 1.25 bits per heavy atom. The Balaban J connectivity index is 1.80. The molecule has 0 atom stereocenters. The lowest BCUT2D eigenvalue weighted by Crippen LogP contribution is -2.20. The molecule has 3 aromatic heterocycles. The molecule has 0 spiro atoms. The first-order valence-corrected chi connectivity index (χ1v) is 9.02. The third-order valence-electron chi connectivity index (χ3n) is 5.05. The van der Waals surface area contributed by atoms with Gasteiger partial charge >= 0.3 is 0 Å². The van der Waals surface area contributed by atoms with E-state index < -0.39 is 0 Å². The van der Waals surface area contributed by atoms with Gasteiger partial charge in [-0.2, -0.15) is 9.50 Å². The van der Waals surface area contributed by atoms with Gasteiger partial charge in [-0.25, -0.2) is 4.98 Å². The van der Waals surface area contributed by atoms with Gasteiger partial charge in [0, 0.05) is 24.9 Å². The molecule has 126 valence electrons. The lowest BCUT2D eigenvalue weighted by atomic mass is 9.89. The van der Waals surface area contributed by atoms with Crippen molar-refractivity contribution in [2.45, 2.75) is 64.3 Å². The van der Waals surface area contributed by atoms with Crippen molar-refractivity contribution in [2.75, 3.05) is 0 Å². The van der Waals surface area contributed by atoms with Crippen molar-refractivity contribution in [1.29, 1.82) is 0 Å². The minimum absolute atomic E-state index is 0.00469. The fourth-order valence-electron chi connectivity index (χ4n) is 3.61. The summed E-state index contributed by atoms with van der Waals surface area (Å²) >= 11 is 0. The van der Waals surface area contributed by atoms with Crippen LogP contribution in [-0.2, 0) is 6.54 Å². The third kappa shape index (κ3) is 2.60. The molecule has 0 aliphatic heterocycles. The Morgan fingerprint density at radius 3 is 2.88 bits per heavy atom. The van der Waals surface area contributed by atoms with E-state index in [1.54, 1.807) is 15.3 Å². The van der Waals surface area contributed by atoms with Crippen LogP contribution in [0.3, 0.4) is 0 Å². The zero-order valence-corrected chi connectivity index (χ0v) is 14.1. The lowest BCUT2D eigenvalue weighted by molar-refractivity contribution is 0.429. The molecular formula is C18H23N5O. The minimum atomic E-state index is 0.00469. The highest BCUT2D eigenvalue weighted by atomic mass is 16.1. The summed E-state index contributed by atoms with van der Waals surface area (Å²) in [7, 11) is 0. The number of aromatic nitrogens is 5. The normalized spacial score (nSPS) is 16.2. The number of nitrogens with zero attached hydrogens (tertiary/aromatic N) is 5.